The minimum absolute atomic E-state index is 0.0156. The molecular formula is C13H17BrClNO3S. The average molecular weight is 383 g/mol. The lowest BCUT2D eigenvalue weighted by Crippen LogP contribution is -2.33. The molecule has 0 aliphatic carbocycles. The van der Waals surface area contributed by atoms with Crippen molar-refractivity contribution in [2.24, 2.45) is 5.41 Å². The quantitative estimate of drug-likeness (QED) is 0.792. The van der Waals surface area contributed by atoms with Gasteiger partial charge in [0.25, 0.3) is 15.0 Å². The van der Waals surface area contributed by atoms with Gasteiger partial charge in [-0.05, 0) is 46.0 Å². The van der Waals surface area contributed by atoms with Crippen molar-refractivity contribution < 1.29 is 13.2 Å². The molecule has 0 heterocycles. The standard InChI is InChI=1S/C13H17BrClNO3S/c1-4-13(2,3)8-16-12(17)10-7-9(20(15,18)19)5-6-11(10)14/h5-7H,4,8H2,1-3H3,(H,16,17). The number of amides is 1. The van der Waals surface area contributed by atoms with Crippen molar-refractivity contribution in [3.05, 3.63) is 28.2 Å². The molecule has 1 amide bonds. The zero-order valence-electron chi connectivity index (χ0n) is 11.5. The predicted octanol–water partition coefficient (Wildman–Crippen LogP) is 3.54. The first-order valence-corrected chi connectivity index (χ1v) is 9.19. The van der Waals surface area contributed by atoms with E-state index in [1.807, 2.05) is 20.8 Å². The first kappa shape index (κ1) is 17.5. The fraction of sp³-hybridized carbons (Fsp3) is 0.462. The number of hydrogen-bond acceptors (Lipinski definition) is 3. The first-order valence-electron chi connectivity index (χ1n) is 6.09. The van der Waals surface area contributed by atoms with Gasteiger partial charge in [-0.3, -0.25) is 4.79 Å². The Bertz CT molecular complexity index is 614. The molecule has 4 nitrogen and oxygen atoms in total. The molecule has 0 aromatic heterocycles. The van der Waals surface area contributed by atoms with Crippen molar-refractivity contribution in [1.29, 1.82) is 0 Å². The van der Waals surface area contributed by atoms with E-state index in [1.54, 1.807) is 0 Å². The topological polar surface area (TPSA) is 63.2 Å². The summed E-state index contributed by atoms with van der Waals surface area (Å²) in [5.74, 6) is -0.333. The Morgan fingerprint density at radius 2 is 2.00 bits per heavy atom. The Balaban J connectivity index is 2.99. The largest absolute Gasteiger partial charge is 0.351 e. The van der Waals surface area contributed by atoms with Crippen LogP contribution in [0.1, 0.15) is 37.6 Å². The number of rotatable bonds is 5. The summed E-state index contributed by atoms with van der Waals surface area (Å²) in [6, 6.07) is 4.11. The molecule has 1 N–H and O–H groups in total. The zero-order valence-corrected chi connectivity index (χ0v) is 14.7. The lowest BCUT2D eigenvalue weighted by Gasteiger charge is -2.23. The van der Waals surface area contributed by atoms with Gasteiger partial charge in [0, 0.05) is 21.7 Å². The van der Waals surface area contributed by atoms with Crippen LogP contribution in [-0.2, 0) is 9.05 Å². The van der Waals surface area contributed by atoms with Gasteiger partial charge in [0.05, 0.1) is 10.5 Å². The van der Waals surface area contributed by atoms with Crippen molar-refractivity contribution in [2.75, 3.05) is 6.54 Å². The van der Waals surface area contributed by atoms with E-state index in [1.165, 1.54) is 18.2 Å². The van der Waals surface area contributed by atoms with Gasteiger partial charge in [-0.2, -0.15) is 0 Å². The first-order chi connectivity index (χ1) is 9.07. The van der Waals surface area contributed by atoms with Gasteiger partial charge in [0.2, 0.25) is 0 Å². The second-order valence-corrected chi connectivity index (χ2v) is 8.70. The third-order valence-corrected chi connectivity index (χ3v) is 5.19. The molecule has 1 aromatic rings. The van der Waals surface area contributed by atoms with E-state index in [4.69, 9.17) is 10.7 Å². The van der Waals surface area contributed by atoms with Crippen LogP contribution in [0.4, 0.5) is 0 Å². The van der Waals surface area contributed by atoms with Crippen molar-refractivity contribution in [1.82, 2.24) is 5.32 Å². The minimum Gasteiger partial charge on any atom is -0.351 e. The Morgan fingerprint density at radius 1 is 1.40 bits per heavy atom. The summed E-state index contributed by atoms with van der Waals surface area (Å²) >= 11 is 3.24. The summed E-state index contributed by atoms with van der Waals surface area (Å²) in [5, 5.41) is 2.80. The van der Waals surface area contributed by atoms with E-state index in [-0.39, 0.29) is 21.8 Å². The van der Waals surface area contributed by atoms with E-state index >= 15 is 0 Å². The highest BCUT2D eigenvalue weighted by Gasteiger charge is 2.20. The fourth-order valence-corrected chi connectivity index (χ4v) is 2.57. The van der Waals surface area contributed by atoms with Crippen molar-refractivity contribution in [3.8, 4) is 0 Å². The average Bonchev–Trinajstić information content (AvgIpc) is 2.35. The normalized spacial score (nSPS) is 12.2. The van der Waals surface area contributed by atoms with Crippen molar-refractivity contribution in [2.45, 2.75) is 32.1 Å². The van der Waals surface area contributed by atoms with Crippen LogP contribution in [0.15, 0.2) is 27.6 Å². The van der Waals surface area contributed by atoms with E-state index in [2.05, 4.69) is 21.2 Å². The van der Waals surface area contributed by atoms with E-state index in [0.29, 0.717) is 11.0 Å². The van der Waals surface area contributed by atoms with Crippen LogP contribution in [-0.4, -0.2) is 20.9 Å². The molecule has 7 heteroatoms. The molecule has 0 saturated heterocycles. The summed E-state index contributed by atoms with van der Waals surface area (Å²) < 4.78 is 23.1. The maximum atomic E-state index is 12.1. The third kappa shape index (κ3) is 4.75. The maximum absolute atomic E-state index is 12.1. The van der Waals surface area contributed by atoms with Gasteiger partial charge in [-0.25, -0.2) is 8.42 Å². The van der Waals surface area contributed by atoms with E-state index in [0.717, 1.165) is 6.42 Å². The van der Waals surface area contributed by atoms with Gasteiger partial charge in [0.1, 0.15) is 0 Å². The highest BCUT2D eigenvalue weighted by molar-refractivity contribution is 9.10. The molecule has 1 rings (SSSR count). The van der Waals surface area contributed by atoms with Crippen LogP contribution in [0.25, 0.3) is 0 Å². The Kier molecular flexibility index (Phi) is 5.63. The molecule has 0 aliphatic heterocycles. The number of hydrogen-bond donors (Lipinski definition) is 1. The lowest BCUT2D eigenvalue weighted by molar-refractivity contribution is 0.0934. The van der Waals surface area contributed by atoms with Gasteiger partial charge in [0.15, 0.2) is 0 Å². The SMILES string of the molecule is CCC(C)(C)CNC(=O)c1cc(S(=O)(=O)Cl)ccc1Br. The van der Waals surface area contributed by atoms with Crippen LogP contribution < -0.4 is 5.32 Å². The Morgan fingerprint density at radius 3 is 2.50 bits per heavy atom. The second-order valence-electron chi connectivity index (χ2n) is 5.28. The molecule has 0 unspecified atom stereocenters. The molecule has 112 valence electrons. The predicted molar refractivity (Wildman–Crippen MR) is 83.6 cm³/mol. The highest BCUT2D eigenvalue weighted by atomic mass is 79.9. The van der Waals surface area contributed by atoms with Crippen LogP contribution >= 0.6 is 26.6 Å². The molecule has 0 fully saturated rings. The van der Waals surface area contributed by atoms with E-state index < -0.39 is 9.05 Å². The Hall–Kier alpha value is -0.590. The van der Waals surface area contributed by atoms with Gasteiger partial charge in [-0.15, -0.1) is 0 Å². The second kappa shape index (κ2) is 6.45. The molecule has 0 spiro atoms. The summed E-state index contributed by atoms with van der Waals surface area (Å²) in [7, 11) is 1.43. The van der Waals surface area contributed by atoms with Crippen molar-refractivity contribution in [3.63, 3.8) is 0 Å². The summed E-state index contributed by atoms with van der Waals surface area (Å²) in [5.41, 5.74) is 0.233. The van der Waals surface area contributed by atoms with Crippen molar-refractivity contribution >= 4 is 41.6 Å². The van der Waals surface area contributed by atoms with Gasteiger partial charge < -0.3 is 5.32 Å². The summed E-state index contributed by atoms with van der Waals surface area (Å²) in [6.07, 6.45) is 0.921. The smallest absolute Gasteiger partial charge is 0.261 e. The zero-order chi connectivity index (χ0) is 15.6. The lowest BCUT2D eigenvalue weighted by atomic mass is 9.90. The molecule has 0 saturated carbocycles. The maximum Gasteiger partial charge on any atom is 0.261 e. The van der Waals surface area contributed by atoms with Gasteiger partial charge in [-0.1, -0.05) is 20.8 Å². The number of nitrogens with one attached hydrogen (secondary N) is 1. The molecule has 0 bridgehead atoms. The summed E-state index contributed by atoms with van der Waals surface area (Å²) in [6.45, 7) is 6.64. The number of carbonyl (C=O) groups excluding carboxylic acids is 1. The van der Waals surface area contributed by atoms with Crippen LogP contribution in [0.3, 0.4) is 0 Å². The highest BCUT2D eigenvalue weighted by Crippen LogP contribution is 2.24. The molecule has 20 heavy (non-hydrogen) atoms. The minimum atomic E-state index is -3.85. The van der Waals surface area contributed by atoms with Gasteiger partial charge >= 0.3 is 0 Å². The third-order valence-electron chi connectivity index (χ3n) is 3.15. The van der Waals surface area contributed by atoms with Crippen LogP contribution in [0.5, 0.6) is 0 Å². The summed E-state index contributed by atoms with van der Waals surface area (Å²) in [4.78, 5) is 12.0. The number of carbonyl (C=O) groups is 1. The number of benzene rings is 1. The van der Waals surface area contributed by atoms with Crippen LogP contribution in [0, 0.1) is 5.41 Å². The van der Waals surface area contributed by atoms with E-state index in [9.17, 15) is 13.2 Å². The molecular weight excluding hydrogens is 366 g/mol. The molecule has 0 radical (unpaired) electrons. The fourth-order valence-electron chi connectivity index (χ4n) is 1.37. The van der Waals surface area contributed by atoms with Crippen LogP contribution in [0.2, 0.25) is 0 Å². The molecule has 0 atom stereocenters. The monoisotopic (exact) mass is 381 g/mol. The Labute approximate surface area is 132 Å². The number of halogens is 2. The molecule has 0 aliphatic rings. The molecule has 1 aromatic carbocycles.